The topological polar surface area (TPSA) is 71.2 Å². The molecule has 1 aromatic carbocycles. The minimum absolute atomic E-state index is 0.0313. The van der Waals surface area contributed by atoms with Crippen LogP contribution in [-0.4, -0.2) is 17.7 Å². The van der Waals surface area contributed by atoms with E-state index in [1.807, 2.05) is 0 Å². The van der Waals surface area contributed by atoms with Gasteiger partial charge in [-0.1, -0.05) is 12.1 Å². The standard InChI is InChI=1S/C11H11FN2O3/c1-2-17-11(16)10(7-15)14-13-9-6-4-3-5-8(9)12/h3-7,15H,2H2,1H3/b10-7+,14-13?. The number of carbonyl (C=O) groups excluding carboxylic acids is 1. The third-order valence-electron chi connectivity index (χ3n) is 1.72. The van der Waals surface area contributed by atoms with Crippen molar-refractivity contribution < 1.29 is 19.0 Å². The zero-order valence-electron chi connectivity index (χ0n) is 9.13. The summed E-state index contributed by atoms with van der Waals surface area (Å²) >= 11 is 0. The second-order valence-corrected chi connectivity index (χ2v) is 2.89. The van der Waals surface area contributed by atoms with Gasteiger partial charge in [0.1, 0.15) is 11.9 Å². The Labute approximate surface area is 97.2 Å². The first-order chi connectivity index (χ1) is 8.19. The summed E-state index contributed by atoms with van der Waals surface area (Å²) in [5, 5.41) is 15.7. The van der Waals surface area contributed by atoms with Crippen LogP contribution in [0.15, 0.2) is 46.5 Å². The number of rotatable bonds is 4. The second kappa shape index (κ2) is 6.37. The summed E-state index contributed by atoms with van der Waals surface area (Å²) in [5.74, 6) is -1.40. The van der Waals surface area contributed by atoms with Crippen molar-refractivity contribution in [2.75, 3.05) is 6.61 Å². The molecule has 0 aliphatic rings. The minimum Gasteiger partial charge on any atom is -0.513 e. The number of halogens is 1. The van der Waals surface area contributed by atoms with Crippen LogP contribution in [0.25, 0.3) is 0 Å². The van der Waals surface area contributed by atoms with Gasteiger partial charge in [0.2, 0.25) is 5.70 Å². The Bertz CT molecular complexity index is 458. The highest BCUT2D eigenvalue weighted by Crippen LogP contribution is 2.17. The molecule has 0 radical (unpaired) electrons. The lowest BCUT2D eigenvalue weighted by molar-refractivity contribution is -0.138. The molecular weight excluding hydrogens is 227 g/mol. The van der Waals surface area contributed by atoms with Crippen LogP contribution in [-0.2, 0) is 9.53 Å². The maximum Gasteiger partial charge on any atom is 0.362 e. The highest BCUT2D eigenvalue weighted by atomic mass is 19.1. The fourth-order valence-electron chi connectivity index (χ4n) is 0.965. The van der Waals surface area contributed by atoms with Gasteiger partial charge >= 0.3 is 5.97 Å². The molecule has 17 heavy (non-hydrogen) atoms. The maximum absolute atomic E-state index is 13.1. The largest absolute Gasteiger partial charge is 0.513 e. The number of hydrogen-bond acceptors (Lipinski definition) is 5. The maximum atomic E-state index is 13.1. The lowest BCUT2D eigenvalue weighted by Gasteiger charge is -1.99. The number of nitrogens with zero attached hydrogens (tertiary/aromatic N) is 2. The number of azo groups is 1. The van der Waals surface area contributed by atoms with Gasteiger partial charge in [0.05, 0.1) is 6.61 Å². The number of ether oxygens (including phenoxy) is 1. The van der Waals surface area contributed by atoms with Crippen LogP contribution in [0.5, 0.6) is 0 Å². The first-order valence-corrected chi connectivity index (χ1v) is 4.86. The summed E-state index contributed by atoms with van der Waals surface area (Å²) in [6.07, 6.45) is 0.461. The number of aliphatic hydroxyl groups is 1. The molecule has 0 aliphatic heterocycles. The zero-order valence-corrected chi connectivity index (χ0v) is 9.13. The molecule has 0 bridgehead atoms. The average Bonchev–Trinajstić information content (AvgIpc) is 2.32. The van der Waals surface area contributed by atoms with E-state index in [0.717, 1.165) is 0 Å². The molecule has 0 aliphatic carbocycles. The van der Waals surface area contributed by atoms with E-state index in [1.54, 1.807) is 13.0 Å². The SMILES string of the molecule is CCOC(=O)/C(=C\O)N=Nc1ccccc1F. The molecule has 1 N–H and O–H groups in total. The average molecular weight is 238 g/mol. The van der Waals surface area contributed by atoms with Gasteiger partial charge in [0.15, 0.2) is 5.82 Å². The van der Waals surface area contributed by atoms with Gasteiger partial charge in [0.25, 0.3) is 0 Å². The summed E-state index contributed by atoms with van der Waals surface area (Å²) in [7, 11) is 0. The summed E-state index contributed by atoms with van der Waals surface area (Å²) in [5.41, 5.74) is -0.425. The minimum atomic E-state index is -0.824. The fraction of sp³-hybridized carbons (Fsp3) is 0.182. The van der Waals surface area contributed by atoms with Crippen molar-refractivity contribution >= 4 is 11.7 Å². The third kappa shape index (κ3) is 3.67. The van der Waals surface area contributed by atoms with Gasteiger partial charge in [-0.3, -0.25) is 0 Å². The van der Waals surface area contributed by atoms with E-state index >= 15 is 0 Å². The Morgan fingerprint density at radius 1 is 1.53 bits per heavy atom. The van der Waals surface area contributed by atoms with Gasteiger partial charge in [-0.2, -0.15) is 0 Å². The van der Waals surface area contributed by atoms with Crippen molar-refractivity contribution in [2.24, 2.45) is 10.2 Å². The molecule has 0 spiro atoms. The Balaban J connectivity index is 2.83. The highest BCUT2D eigenvalue weighted by Gasteiger charge is 2.10. The summed E-state index contributed by atoms with van der Waals surface area (Å²) < 4.78 is 17.7. The Morgan fingerprint density at radius 2 is 2.24 bits per heavy atom. The highest BCUT2D eigenvalue weighted by molar-refractivity contribution is 5.87. The summed E-state index contributed by atoms with van der Waals surface area (Å²) in [6, 6.07) is 5.67. The molecular formula is C11H11FN2O3. The fourth-order valence-corrected chi connectivity index (χ4v) is 0.965. The number of benzene rings is 1. The van der Waals surface area contributed by atoms with Crippen molar-refractivity contribution in [2.45, 2.75) is 6.92 Å². The molecule has 1 aromatic rings. The lowest BCUT2D eigenvalue weighted by Crippen LogP contribution is -2.05. The quantitative estimate of drug-likeness (QED) is 0.379. The van der Waals surface area contributed by atoms with E-state index in [2.05, 4.69) is 15.0 Å². The normalized spacial score (nSPS) is 11.8. The number of esters is 1. The molecule has 90 valence electrons. The van der Waals surface area contributed by atoms with Crippen LogP contribution in [0.4, 0.5) is 10.1 Å². The van der Waals surface area contributed by atoms with E-state index in [1.165, 1.54) is 18.2 Å². The van der Waals surface area contributed by atoms with Crippen LogP contribution in [0.1, 0.15) is 6.92 Å². The van der Waals surface area contributed by atoms with Crippen LogP contribution >= 0.6 is 0 Å². The molecule has 0 fully saturated rings. The lowest BCUT2D eigenvalue weighted by atomic mass is 10.3. The van der Waals surface area contributed by atoms with Gasteiger partial charge in [-0.15, -0.1) is 10.2 Å². The number of carbonyl (C=O) groups is 1. The molecule has 6 heteroatoms. The Hall–Kier alpha value is -2.24. The third-order valence-corrected chi connectivity index (χ3v) is 1.72. The van der Waals surface area contributed by atoms with E-state index in [9.17, 15) is 9.18 Å². The molecule has 1 rings (SSSR count). The van der Waals surface area contributed by atoms with Crippen LogP contribution in [0.2, 0.25) is 0 Å². The van der Waals surface area contributed by atoms with Crippen molar-refractivity contribution in [3.8, 4) is 0 Å². The van der Waals surface area contributed by atoms with Crippen molar-refractivity contribution in [1.82, 2.24) is 0 Å². The van der Waals surface area contributed by atoms with Crippen LogP contribution in [0, 0.1) is 5.82 Å². The molecule has 0 unspecified atom stereocenters. The van der Waals surface area contributed by atoms with E-state index in [0.29, 0.717) is 6.26 Å². The van der Waals surface area contributed by atoms with Crippen molar-refractivity contribution in [1.29, 1.82) is 0 Å². The van der Waals surface area contributed by atoms with Gasteiger partial charge in [-0.25, -0.2) is 9.18 Å². The monoisotopic (exact) mass is 238 g/mol. The summed E-state index contributed by atoms with van der Waals surface area (Å²) in [6.45, 7) is 1.76. The van der Waals surface area contributed by atoms with Gasteiger partial charge in [0, 0.05) is 0 Å². The smallest absolute Gasteiger partial charge is 0.362 e. The first kappa shape index (κ1) is 12.8. The van der Waals surface area contributed by atoms with Gasteiger partial charge in [-0.05, 0) is 19.1 Å². The van der Waals surface area contributed by atoms with E-state index in [-0.39, 0.29) is 12.3 Å². The van der Waals surface area contributed by atoms with E-state index in [4.69, 9.17) is 5.11 Å². The first-order valence-electron chi connectivity index (χ1n) is 4.86. The molecule has 0 heterocycles. The van der Waals surface area contributed by atoms with Crippen molar-refractivity contribution in [3.05, 3.63) is 42.0 Å². The van der Waals surface area contributed by atoms with Crippen LogP contribution in [0.3, 0.4) is 0 Å². The second-order valence-electron chi connectivity index (χ2n) is 2.89. The Kier molecular flexibility index (Phi) is 4.80. The predicted molar refractivity (Wildman–Crippen MR) is 58.3 cm³/mol. The predicted octanol–water partition coefficient (Wildman–Crippen LogP) is 2.87. The molecule has 0 amide bonds. The Morgan fingerprint density at radius 3 is 2.82 bits per heavy atom. The molecule has 0 saturated carbocycles. The van der Waals surface area contributed by atoms with Crippen molar-refractivity contribution in [3.63, 3.8) is 0 Å². The number of hydrogen-bond donors (Lipinski definition) is 1. The van der Waals surface area contributed by atoms with E-state index < -0.39 is 17.5 Å². The molecule has 0 aromatic heterocycles. The number of aliphatic hydroxyl groups excluding tert-OH is 1. The summed E-state index contributed by atoms with van der Waals surface area (Å²) in [4.78, 5) is 11.2. The zero-order chi connectivity index (χ0) is 12.7. The molecule has 0 saturated heterocycles. The molecule has 0 atom stereocenters. The van der Waals surface area contributed by atoms with Gasteiger partial charge < -0.3 is 9.84 Å². The van der Waals surface area contributed by atoms with Crippen LogP contribution < -0.4 is 0 Å². The molecule has 5 nitrogen and oxygen atoms in total.